The van der Waals surface area contributed by atoms with Crippen molar-refractivity contribution in [3.05, 3.63) is 0 Å². The summed E-state index contributed by atoms with van der Waals surface area (Å²) < 4.78 is 0. The molecule has 0 aromatic rings. The van der Waals surface area contributed by atoms with Gasteiger partial charge in [-0.1, -0.05) is 27.7 Å². The molecule has 3 aliphatic rings. The number of carbonyl (C=O) groups excluding carboxylic acids is 1. The number of hydrogen-bond donors (Lipinski definition) is 0. The maximum Gasteiger partial charge on any atom is 0.136 e. The van der Waals surface area contributed by atoms with Crippen molar-refractivity contribution in [1.29, 1.82) is 0 Å². The quantitative estimate of drug-likeness (QED) is 0.608. The van der Waals surface area contributed by atoms with Crippen LogP contribution in [-0.4, -0.2) is 5.78 Å². The van der Waals surface area contributed by atoms with Gasteiger partial charge in [0, 0.05) is 12.3 Å². The first-order valence-corrected chi connectivity index (χ1v) is 6.92. The average Bonchev–Trinajstić information content (AvgIpc) is 2.59. The Bertz CT molecular complexity index is 343. The maximum absolute atomic E-state index is 12.2. The predicted octanol–water partition coefficient (Wildman–Crippen LogP) is 3.67. The third-order valence-corrected chi connectivity index (χ3v) is 6.63. The van der Waals surface area contributed by atoms with E-state index in [2.05, 4.69) is 27.7 Å². The molecule has 1 nitrogen and oxygen atoms in total. The Labute approximate surface area is 99.0 Å². The Morgan fingerprint density at radius 3 is 2.56 bits per heavy atom. The van der Waals surface area contributed by atoms with Crippen LogP contribution in [0.4, 0.5) is 0 Å². The highest BCUT2D eigenvalue weighted by molar-refractivity contribution is 5.83. The van der Waals surface area contributed by atoms with Crippen LogP contribution >= 0.6 is 0 Å². The van der Waals surface area contributed by atoms with Crippen LogP contribution in [0.3, 0.4) is 0 Å². The zero-order valence-electron chi connectivity index (χ0n) is 11.0. The molecule has 2 bridgehead atoms. The van der Waals surface area contributed by atoms with Crippen LogP contribution in [0, 0.1) is 34.5 Å². The van der Waals surface area contributed by atoms with E-state index in [-0.39, 0.29) is 0 Å². The number of hydrogen-bond acceptors (Lipinski definition) is 1. The molecule has 3 saturated carbocycles. The first kappa shape index (κ1) is 10.8. The van der Waals surface area contributed by atoms with Crippen LogP contribution in [0.25, 0.3) is 0 Å². The zero-order chi connectivity index (χ0) is 11.7. The summed E-state index contributed by atoms with van der Waals surface area (Å²) in [6, 6.07) is 0. The van der Waals surface area contributed by atoms with Crippen molar-refractivity contribution in [2.24, 2.45) is 34.5 Å². The molecule has 1 spiro atoms. The van der Waals surface area contributed by atoms with Crippen LogP contribution in [0.15, 0.2) is 0 Å². The summed E-state index contributed by atoms with van der Waals surface area (Å²) in [5.74, 6) is 3.12. The maximum atomic E-state index is 12.2. The van der Waals surface area contributed by atoms with Crippen molar-refractivity contribution < 1.29 is 4.79 Å². The van der Waals surface area contributed by atoms with Crippen LogP contribution in [-0.2, 0) is 4.79 Å². The van der Waals surface area contributed by atoms with Crippen molar-refractivity contribution in [3.63, 3.8) is 0 Å². The molecule has 0 radical (unpaired) electrons. The predicted molar refractivity (Wildman–Crippen MR) is 65.0 cm³/mol. The van der Waals surface area contributed by atoms with E-state index in [1.807, 2.05) is 0 Å². The molecule has 0 aromatic heterocycles. The number of fused-ring (bicyclic) bond motifs is 1. The first-order valence-electron chi connectivity index (χ1n) is 6.92. The topological polar surface area (TPSA) is 17.1 Å². The molecule has 90 valence electrons. The van der Waals surface area contributed by atoms with Crippen molar-refractivity contribution in [3.8, 4) is 0 Å². The highest BCUT2D eigenvalue weighted by Gasteiger charge is 2.66. The summed E-state index contributed by atoms with van der Waals surface area (Å²) in [4.78, 5) is 12.2. The molecule has 16 heavy (non-hydrogen) atoms. The molecule has 1 heteroatoms. The van der Waals surface area contributed by atoms with Crippen LogP contribution in [0.5, 0.6) is 0 Å². The molecule has 0 unspecified atom stereocenters. The second-order valence-corrected chi connectivity index (χ2v) is 7.33. The largest absolute Gasteiger partial charge is 0.299 e. The minimum Gasteiger partial charge on any atom is -0.299 e. The second-order valence-electron chi connectivity index (χ2n) is 7.33. The van der Waals surface area contributed by atoms with Gasteiger partial charge in [-0.15, -0.1) is 0 Å². The van der Waals surface area contributed by atoms with E-state index in [0.29, 0.717) is 28.4 Å². The molecule has 0 saturated heterocycles. The Kier molecular flexibility index (Phi) is 1.97. The SMILES string of the molecule is C[C@@H]1CC[C@H]2C(C)(C)[C@@H]3C[C@@]12CC(=O)[C@@H]3C. The Hall–Kier alpha value is -0.330. The standard InChI is InChI=1S/C15H24O/c1-9-5-6-13-14(3,4)11-7-15(9,13)8-12(16)10(11)2/h9-11,13H,5-8H2,1-4H3/t9-,10-,11-,13+,15-/m1/s1. The van der Waals surface area contributed by atoms with Crippen molar-refractivity contribution >= 4 is 5.78 Å². The summed E-state index contributed by atoms with van der Waals surface area (Å²) >= 11 is 0. The van der Waals surface area contributed by atoms with Gasteiger partial charge in [-0.05, 0) is 47.8 Å². The smallest absolute Gasteiger partial charge is 0.136 e. The van der Waals surface area contributed by atoms with Gasteiger partial charge in [0.05, 0.1) is 0 Å². The molecule has 3 aliphatic carbocycles. The van der Waals surface area contributed by atoms with Crippen molar-refractivity contribution in [1.82, 2.24) is 0 Å². The molecule has 3 rings (SSSR count). The highest BCUT2D eigenvalue weighted by Crippen LogP contribution is 2.71. The molecule has 5 atom stereocenters. The van der Waals surface area contributed by atoms with Gasteiger partial charge in [0.2, 0.25) is 0 Å². The monoisotopic (exact) mass is 220 g/mol. The van der Waals surface area contributed by atoms with Gasteiger partial charge in [-0.2, -0.15) is 0 Å². The van der Waals surface area contributed by atoms with E-state index in [0.717, 1.165) is 18.3 Å². The lowest BCUT2D eigenvalue weighted by atomic mass is 9.65. The van der Waals surface area contributed by atoms with E-state index in [1.54, 1.807) is 0 Å². The summed E-state index contributed by atoms with van der Waals surface area (Å²) in [5.41, 5.74) is 0.800. The van der Waals surface area contributed by atoms with Gasteiger partial charge in [0.25, 0.3) is 0 Å². The Morgan fingerprint density at radius 1 is 1.19 bits per heavy atom. The fourth-order valence-electron chi connectivity index (χ4n) is 5.62. The normalized spacial score (nSPS) is 54.1. The summed E-state index contributed by atoms with van der Waals surface area (Å²) in [6.45, 7) is 9.42. The van der Waals surface area contributed by atoms with E-state index in [4.69, 9.17) is 0 Å². The fourth-order valence-corrected chi connectivity index (χ4v) is 5.62. The van der Waals surface area contributed by atoms with Crippen LogP contribution in [0.1, 0.15) is 53.4 Å². The zero-order valence-corrected chi connectivity index (χ0v) is 11.0. The number of rotatable bonds is 0. The van der Waals surface area contributed by atoms with Gasteiger partial charge in [0.15, 0.2) is 0 Å². The van der Waals surface area contributed by atoms with E-state index in [1.165, 1.54) is 19.3 Å². The van der Waals surface area contributed by atoms with Crippen LogP contribution in [0.2, 0.25) is 0 Å². The van der Waals surface area contributed by atoms with Crippen molar-refractivity contribution in [2.75, 3.05) is 0 Å². The molecule has 0 N–H and O–H groups in total. The highest BCUT2D eigenvalue weighted by atomic mass is 16.1. The lowest BCUT2D eigenvalue weighted by molar-refractivity contribution is -0.130. The summed E-state index contributed by atoms with van der Waals surface area (Å²) in [5, 5.41) is 0. The van der Waals surface area contributed by atoms with Gasteiger partial charge in [-0.25, -0.2) is 0 Å². The lowest BCUT2D eigenvalue weighted by Crippen LogP contribution is -2.36. The van der Waals surface area contributed by atoms with Gasteiger partial charge < -0.3 is 0 Å². The van der Waals surface area contributed by atoms with Gasteiger partial charge >= 0.3 is 0 Å². The minimum absolute atomic E-state index is 0.318. The average molecular weight is 220 g/mol. The molecular formula is C15H24O. The minimum atomic E-state index is 0.318. The Morgan fingerprint density at radius 2 is 1.88 bits per heavy atom. The van der Waals surface area contributed by atoms with Crippen molar-refractivity contribution in [2.45, 2.75) is 53.4 Å². The molecule has 0 aliphatic heterocycles. The molecule has 0 aromatic carbocycles. The molecule has 3 fully saturated rings. The van der Waals surface area contributed by atoms with E-state index < -0.39 is 0 Å². The van der Waals surface area contributed by atoms with E-state index >= 15 is 0 Å². The molecule has 0 heterocycles. The Balaban J connectivity index is 2.10. The lowest BCUT2D eigenvalue weighted by Gasteiger charge is -2.38. The summed E-state index contributed by atoms with van der Waals surface area (Å²) in [6.07, 6.45) is 4.94. The van der Waals surface area contributed by atoms with Gasteiger partial charge in [0.1, 0.15) is 5.78 Å². The summed E-state index contributed by atoms with van der Waals surface area (Å²) in [7, 11) is 0. The van der Waals surface area contributed by atoms with Crippen LogP contribution < -0.4 is 0 Å². The third-order valence-electron chi connectivity index (χ3n) is 6.63. The van der Waals surface area contributed by atoms with Gasteiger partial charge in [-0.3, -0.25) is 4.79 Å². The number of ketones is 1. The molecule has 0 amide bonds. The molecular weight excluding hydrogens is 196 g/mol. The number of Topliss-reactive ketones (excluding diaryl/α,β-unsaturated/α-hetero) is 1. The first-order chi connectivity index (χ1) is 7.39. The fraction of sp³-hybridized carbons (Fsp3) is 0.933. The third kappa shape index (κ3) is 1.01. The van der Waals surface area contributed by atoms with E-state index in [9.17, 15) is 4.79 Å². The number of carbonyl (C=O) groups is 1. The second kappa shape index (κ2) is 2.91.